The number of nitro groups is 1. The van der Waals surface area contributed by atoms with Crippen molar-refractivity contribution >= 4 is 23.3 Å². The molecule has 3 heterocycles. The highest BCUT2D eigenvalue weighted by molar-refractivity contribution is 5.71. The first-order valence-electron chi connectivity index (χ1n) is 11.0. The second kappa shape index (κ2) is 9.05. The van der Waals surface area contributed by atoms with Gasteiger partial charge in [0.2, 0.25) is 17.6 Å². The Bertz CT molecular complexity index is 906. The predicted octanol–water partition coefficient (Wildman–Crippen LogP) is 2.77. The van der Waals surface area contributed by atoms with Gasteiger partial charge in [0.15, 0.2) is 0 Å². The average Bonchev–Trinajstić information content (AvgIpc) is 2.73. The Morgan fingerprint density at radius 3 is 2.29 bits per heavy atom. The van der Waals surface area contributed by atoms with Gasteiger partial charge in [0, 0.05) is 45.8 Å². The minimum atomic E-state index is -0.452. The van der Waals surface area contributed by atoms with Crippen LogP contribution < -0.4 is 15.5 Å². The molecule has 9 heteroatoms. The van der Waals surface area contributed by atoms with E-state index < -0.39 is 4.92 Å². The first-order chi connectivity index (χ1) is 14.9. The number of nitrogens with zero attached hydrogens (tertiary/aromatic N) is 6. The molecule has 31 heavy (non-hydrogen) atoms. The maximum atomic E-state index is 11.8. The van der Waals surface area contributed by atoms with Crippen LogP contribution in [0.1, 0.15) is 25.8 Å². The number of rotatable bonds is 5. The molecule has 0 spiro atoms. The zero-order chi connectivity index (χ0) is 22.0. The fourth-order valence-corrected chi connectivity index (χ4v) is 4.77. The van der Waals surface area contributed by atoms with Gasteiger partial charge in [0.1, 0.15) is 0 Å². The Morgan fingerprint density at radius 2 is 1.68 bits per heavy atom. The molecular formula is C22H31N7O2. The largest absolute Gasteiger partial charge is 0.378 e. The van der Waals surface area contributed by atoms with Crippen molar-refractivity contribution in [2.45, 2.75) is 26.8 Å². The third kappa shape index (κ3) is 4.87. The Balaban J connectivity index is 1.54. The quantitative estimate of drug-likeness (QED) is 0.576. The van der Waals surface area contributed by atoms with Crippen LogP contribution in [0, 0.1) is 22.0 Å². The summed E-state index contributed by atoms with van der Waals surface area (Å²) in [6.45, 7) is 9.92. The molecule has 2 N–H and O–H groups in total. The van der Waals surface area contributed by atoms with Crippen molar-refractivity contribution in [3.8, 4) is 0 Å². The molecule has 1 aromatic heterocycles. The van der Waals surface area contributed by atoms with E-state index in [9.17, 15) is 10.1 Å². The Morgan fingerprint density at radius 1 is 1.03 bits per heavy atom. The third-order valence-electron chi connectivity index (χ3n) is 6.14. The predicted molar refractivity (Wildman–Crippen MR) is 122 cm³/mol. The van der Waals surface area contributed by atoms with E-state index >= 15 is 0 Å². The second-order valence-electron chi connectivity index (χ2n) is 8.94. The lowest BCUT2D eigenvalue weighted by Gasteiger charge is -2.37. The molecule has 0 radical (unpaired) electrons. The standard InChI is InChI=1S/C22H31N7O2/c1-16-12-17(2)14-28(13-16)22-24-20(23)19(29(30)31)21(25-22)27-10-8-26(9-11-27)15-18-6-4-3-5-7-18/h3-7,16-17H,8-15H2,1-2H3,(H2,23,24,25)/t16-,17+. The number of benzene rings is 1. The summed E-state index contributed by atoms with van der Waals surface area (Å²) in [5.41, 5.74) is 7.16. The molecular weight excluding hydrogens is 394 g/mol. The van der Waals surface area contributed by atoms with Crippen molar-refractivity contribution in [1.29, 1.82) is 0 Å². The average molecular weight is 426 g/mol. The molecule has 2 atom stereocenters. The Kier molecular flexibility index (Phi) is 6.22. The van der Waals surface area contributed by atoms with E-state index in [2.05, 4.69) is 45.7 Å². The maximum Gasteiger partial charge on any atom is 0.353 e. The normalized spacial score (nSPS) is 22.5. The molecule has 2 aliphatic rings. The summed E-state index contributed by atoms with van der Waals surface area (Å²) in [7, 11) is 0. The molecule has 2 fully saturated rings. The topological polar surface area (TPSA) is 105 Å². The van der Waals surface area contributed by atoms with Gasteiger partial charge in [-0.15, -0.1) is 0 Å². The van der Waals surface area contributed by atoms with Crippen LogP contribution in [0.2, 0.25) is 0 Å². The van der Waals surface area contributed by atoms with Crippen LogP contribution in [0.5, 0.6) is 0 Å². The van der Waals surface area contributed by atoms with Gasteiger partial charge in [-0.1, -0.05) is 44.2 Å². The minimum absolute atomic E-state index is 0.0532. The lowest BCUT2D eigenvalue weighted by atomic mass is 9.92. The first kappa shape index (κ1) is 21.3. The highest BCUT2D eigenvalue weighted by Gasteiger charge is 2.32. The van der Waals surface area contributed by atoms with Crippen LogP contribution in [-0.2, 0) is 6.54 Å². The number of piperazine rings is 1. The van der Waals surface area contributed by atoms with E-state index in [1.54, 1.807) is 0 Å². The fraction of sp³-hybridized carbons (Fsp3) is 0.545. The van der Waals surface area contributed by atoms with Crippen LogP contribution in [-0.4, -0.2) is 59.1 Å². The van der Waals surface area contributed by atoms with Crippen molar-refractivity contribution in [1.82, 2.24) is 14.9 Å². The number of hydrogen-bond donors (Lipinski definition) is 1. The van der Waals surface area contributed by atoms with Gasteiger partial charge in [0.05, 0.1) is 4.92 Å². The van der Waals surface area contributed by atoms with Crippen molar-refractivity contribution in [2.24, 2.45) is 11.8 Å². The van der Waals surface area contributed by atoms with Gasteiger partial charge in [-0.25, -0.2) is 0 Å². The first-order valence-corrected chi connectivity index (χ1v) is 11.0. The van der Waals surface area contributed by atoms with Crippen molar-refractivity contribution in [3.05, 3.63) is 46.0 Å². The van der Waals surface area contributed by atoms with Crippen LogP contribution in [0.4, 0.5) is 23.3 Å². The van der Waals surface area contributed by atoms with Gasteiger partial charge >= 0.3 is 5.69 Å². The molecule has 166 valence electrons. The summed E-state index contributed by atoms with van der Waals surface area (Å²) in [6, 6.07) is 10.3. The van der Waals surface area contributed by atoms with Crippen LogP contribution >= 0.6 is 0 Å². The molecule has 0 unspecified atom stereocenters. The van der Waals surface area contributed by atoms with Crippen molar-refractivity contribution in [3.63, 3.8) is 0 Å². The zero-order valence-electron chi connectivity index (χ0n) is 18.3. The molecule has 2 saturated heterocycles. The summed E-state index contributed by atoms with van der Waals surface area (Å²) >= 11 is 0. The molecule has 2 aromatic rings. The highest BCUT2D eigenvalue weighted by Crippen LogP contribution is 2.35. The second-order valence-corrected chi connectivity index (χ2v) is 8.94. The van der Waals surface area contributed by atoms with E-state index in [1.807, 2.05) is 23.1 Å². The minimum Gasteiger partial charge on any atom is -0.378 e. The van der Waals surface area contributed by atoms with E-state index in [-0.39, 0.29) is 11.5 Å². The van der Waals surface area contributed by atoms with E-state index in [0.717, 1.165) is 39.1 Å². The lowest BCUT2D eigenvalue weighted by molar-refractivity contribution is -0.383. The summed E-state index contributed by atoms with van der Waals surface area (Å²) in [5.74, 6) is 1.84. The third-order valence-corrected chi connectivity index (χ3v) is 6.14. The van der Waals surface area contributed by atoms with Gasteiger partial charge in [0.25, 0.3) is 0 Å². The van der Waals surface area contributed by atoms with E-state index in [4.69, 9.17) is 5.73 Å². The molecule has 2 aliphatic heterocycles. The SMILES string of the molecule is C[C@@H]1C[C@H](C)CN(c2nc(N)c([N+](=O)[O-])c(N3CCN(Cc4ccccc4)CC3)n2)C1. The number of aromatic nitrogens is 2. The summed E-state index contributed by atoms with van der Waals surface area (Å²) in [4.78, 5) is 26.8. The lowest BCUT2D eigenvalue weighted by Crippen LogP contribution is -2.46. The monoisotopic (exact) mass is 425 g/mol. The molecule has 0 amide bonds. The zero-order valence-corrected chi connectivity index (χ0v) is 18.3. The van der Waals surface area contributed by atoms with Crippen LogP contribution in [0.25, 0.3) is 0 Å². The number of hydrogen-bond acceptors (Lipinski definition) is 8. The highest BCUT2D eigenvalue weighted by atomic mass is 16.6. The molecule has 0 bridgehead atoms. The van der Waals surface area contributed by atoms with E-state index in [0.29, 0.717) is 36.7 Å². The molecule has 1 aromatic carbocycles. The van der Waals surface area contributed by atoms with Gasteiger partial charge < -0.3 is 15.5 Å². The van der Waals surface area contributed by atoms with Gasteiger partial charge in [-0.05, 0) is 23.8 Å². The van der Waals surface area contributed by atoms with Gasteiger partial charge in [-0.2, -0.15) is 9.97 Å². The number of anilines is 3. The fourth-order valence-electron chi connectivity index (χ4n) is 4.77. The molecule has 9 nitrogen and oxygen atoms in total. The summed E-state index contributed by atoms with van der Waals surface area (Å²) in [6.07, 6.45) is 1.16. The number of nitrogens with two attached hydrogens (primary N) is 1. The number of piperidine rings is 1. The van der Waals surface area contributed by atoms with Crippen molar-refractivity contribution < 1.29 is 4.92 Å². The molecule has 4 rings (SSSR count). The Labute approximate surface area is 183 Å². The number of nitrogen functional groups attached to an aromatic ring is 1. The van der Waals surface area contributed by atoms with E-state index in [1.165, 1.54) is 5.56 Å². The molecule has 0 saturated carbocycles. The summed E-state index contributed by atoms with van der Waals surface area (Å²) in [5, 5.41) is 11.8. The van der Waals surface area contributed by atoms with Crippen molar-refractivity contribution in [2.75, 3.05) is 54.8 Å². The van der Waals surface area contributed by atoms with Crippen LogP contribution in [0.3, 0.4) is 0 Å². The smallest absolute Gasteiger partial charge is 0.353 e. The van der Waals surface area contributed by atoms with Gasteiger partial charge in [-0.3, -0.25) is 15.0 Å². The van der Waals surface area contributed by atoms with Crippen LogP contribution in [0.15, 0.2) is 30.3 Å². The summed E-state index contributed by atoms with van der Waals surface area (Å²) < 4.78 is 0. The molecule has 0 aliphatic carbocycles. The maximum absolute atomic E-state index is 11.8. The Hall–Kier alpha value is -2.94.